The van der Waals surface area contributed by atoms with Crippen LogP contribution in [0.1, 0.15) is 25.3 Å². The molecule has 0 aliphatic carbocycles. The quantitative estimate of drug-likeness (QED) is 0.889. The summed E-state index contributed by atoms with van der Waals surface area (Å²) >= 11 is 2.79. The first-order valence-corrected chi connectivity index (χ1v) is 9.78. The molecule has 0 unspecified atom stereocenters. The van der Waals surface area contributed by atoms with Crippen LogP contribution in [0.5, 0.6) is 0 Å². The van der Waals surface area contributed by atoms with Crippen molar-refractivity contribution in [1.29, 1.82) is 0 Å². The molecule has 0 radical (unpaired) electrons. The summed E-state index contributed by atoms with van der Waals surface area (Å²) in [5.41, 5.74) is 1.14. The van der Waals surface area contributed by atoms with Gasteiger partial charge in [-0.3, -0.25) is 10.1 Å². The van der Waals surface area contributed by atoms with E-state index in [4.69, 9.17) is 0 Å². The molecule has 1 saturated heterocycles. The Kier molecular flexibility index (Phi) is 5.33. The SMILES string of the molecule is CC(=O)N(C)C1CCN(C(=O)Nc2nc(-c3sccc3C)ns2)CC1. The number of hydrogen-bond donors (Lipinski definition) is 1. The Hall–Kier alpha value is -2.00. The fraction of sp³-hybridized carbons (Fsp3) is 0.500. The molecule has 1 N–H and O–H groups in total. The number of thiophene rings is 1. The average Bonchev–Trinajstić information content (AvgIpc) is 3.22. The number of rotatable bonds is 3. The number of likely N-dealkylation sites (tertiary alicyclic amines) is 1. The predicted octanol–water partition coefficient (Wildman–Crippen LogP) is 3.05. The van der Waals surface area contributed by atoms with Gasteiger partial charge in [0.25, 0.3) is 0 Å². The maximum atomic E-state index is 12.4. The molecule has 1 aliphatic heterocycles. The van der Waals surface area contributed by atoms with Crippen molar-refractivity contribution in [2.45, 2.75) is 32.7 Å². The van der Waals surface area contributed by atoms with Crippen LogP contribution in [0.15, 0.2) is 11.4 Å². The van der Waals surface area contributed by atoms with Gasteiger partial charge in [-0.05, 0) is 36.8 Å². The van der Waals surface area contributed by atoms with E-state index < -0.39 is 0 Å². The number of aryl methyl sites for hydroxylation is 1. The average molecular weight is 380 g/mol. The molecule has 25 heavy (non-hydrogen) atoms. The fourth-order valence-electron chi connectivity index (χ4n) is 2.85. The van der Waals surface area contributed by atoms with Gasteiger partial charge < -0.3 is 9.80 Å². The summed E-state index contributed by atoms with van der Waals surface area (Å²) in [4.78, 5) is 32.8. The zero-order valence-electron chi connectivity index (χ0n) is 14.5. The first-order valence-electron chi connectivity index (χ1n) is 8.13. The Balaban J connectivity index is 1.56. The molecule has 0 bridgehead atoms. The van der Waals surface area contributed by atoms with Crippen molar-refractivity contribution in [2.75, 3.05) is 25.5 Å². The van der Waals surface area contributed by atoms with Gasteiger partial charge in [0.1, 0.15) is 0 Å². The van der Waals surface area contributed by atoms with Crippen molar-refractivity contribution in [2.24, 2.45) is 0 Å². The van der Waals surface area contributed by atoms with E-state index in [0.29, 0.717) is 24.0 Å². The van der Waals surface area contributed by atoms with Gasteiger partial charge in [0, 0.05) is 44.6 Å². The van der Waals surface area contributed by atoms with Crippen LogP contribution in [-0.4, -0.2) is 57.3 Å². The first-order chi connectivity index (χ1) is 12.0. The maximum Gasteiger partial charge on any atom is 0.323 e. The number of carbonyl (C=O) groups is 2. The summed E-state index contributed by atoms with van der Waals surface area (Å²) in [5.74, 6) is 0.725. The molecule has 1 aliphatic rings. The number of carbonyl (C=O) groups excluding carboxylic acids is 2. The second-order valence-electron chi connectivity index (χ2n) is 6.13. The molecule has 7 nitrogen and oxygen atoms in total. The van der Waals surface area contributed by atoms with Crippen LogP contribution in [0, 0.1) is 6.92 Å². The molecule has 3 rings (SSSR count). The van der Waals surface area contributed by atoms with Crippen molar-refractivity contribution in [1.82, 2.24) is 19.2 Å². The smallest absolute Gasteiger partial charge is 0.323 e. The van der Waals surface area contributed by atoms with Crippen molar-refractivity contribution in [3.8, 4) is 10.7 Å². The predicted molar refractivity (Wildman–Crippen MR) is 100 cm³/mol. The monoisotopic (exact) mass is 379 g/mol. The standard InChI is InChI=1S/C16H21N5O2S2/c1-10-6-9-24-13(10)14-17-15(25-19-14)18-16(23)21-7-4-12(5-8-21)20(3)11(2)22/h6,9,12H,4-5,7-8H2,1-3H3,(H,17,18,19,23). The molecule has 0 aromatic carbocycles. The topological polar surface area (TPSA) is 78.4 Å². The van der Waals surface area contributed by atoms with Crippen molar-refractivity contribution >= 4 is 39.9 Å². The van der Waals surface area contributed by atoms with E-state index in [1.165, 1.54) is 11.5 Å². The number of piperidine rings is 1. The Morgan fingerprint density at radius 1 is 1.36 bits per heavy atom. The van der Waals surface area contributed by atoms with E-state index in [9.17, 15) is 9.59 Å². The van der Waals surface area contributed by atoms with E-state index >= 15 is 0 Å². The van der Waals surface area contributed by atoms with Gasteiger partial charge in [-0.25, -0.2) is 4.79 Å². The summed E-state index contributed by atoms with van der Waals surface area (Å²) < 4.78 is 4.34. The Morgan fingerprint density at radius 2 is 2.08 bits per heavy atom. The zero-order valence-corrected chi connectivity index (χ0v) is 16.1. The molecule has 0 saturated carbocycles. The number of nitrogens with zero attached hydrogens (tertiary/aromatic N) is 4. The molecule has 3 amide bonds. The number of aromatic nitrogens is 2. The number of anilines is 1. The summed E-state index contributed by atoms with van der Waals surface area (Å²) in [6.45, 7) is 4.85. The summed E-state index contributed by atoms with van der Waals surface area (Å²) in [5, 5.41) is 5.35. The molecular weight excluding hydrogens is 358 g/mol. The van der Waals surface area contributed by atoms with E-state index in [2.05, 4.69) is 14.7 Å². The van der Waals surface area contributed by atoms with Gasteiger partial charge in [-0.2, -0.15) is 9.36 Å². The second kappa shape index (κ2) is 7.49. The third kappa shape index (κ3) is 3.98. The van der Waals surface area contributed by atoms with Crippen LogP contribution in [0.3, 0.4) is 0 Å². The summed E-state index contributed by atoms with van der Waals surface area (Å²) in [6.07, 6.45) is 1.58. The van der Waals surface area contributed by atoms with Gasteiger partial charge >= 0.3 is 6.03 Å². The lowest BCUT2D eigenvalue weighted by molar-refractivity contribution is -0.130. The molecule has 2 aromatic rings. The zero-order chi connectivity index (χ0) is 18.0. The molecule has 2 aromatic heterocycles. The Morgan fingerprint density at radius 3 is 2.68 bits per heavy atom. The van der Waals surface area contributed by atoms with E-state index in [1.807, 2.05) is 25.4 Å². The van der Waals surface area contributed by atoms with E-state index in [1.54, 1.807) is 28.1 Å². The second-order valence-corrected chi connectivity index (χ2v) is 7.80. The molecule has 0 atom stereocenters. The highest BCUT2D eigenvalue weighted by molar-refractivity contribution is 7.14. The molecular formula is C16H21N5O2S2. The largest absolute Gasteiger partial charge is 0.343 e. The van der Waals surface area contributed by atoms with Crippen molar-refractivity contribution in [3.05, 3.63) is 17.0 Å². The summed E-state index contributed by atoms with van der Waals surface area (Å²) in [6, 6.07) is 2.08. The van der Waals surface area contributed by atoms with E-state index in [0.717, 1.165) is 23.3 Å². The minimum Gasteiger partial charge on any atom is -0.343 e. The van der Waals surface area contributed by atoms with Crippen LogP contribution >= 0.6 is 22.9 Å². The first kappa shape index (κ1) is 17.8. The maximum absolute atomic E-state index is 12.4. The highest BCUT2D eigenvalue weighted by atomic mass is 32.1. The molecule has 0 spiro atoms. The Bertz CT molecular complexity index is 764. The minimum absolute atomic E-state index is 0.0631. The van der Waals surface area contributed by atoms with Crippen LogP contribution in [0.25, 0.3) is 10.7 Å². The Labute approximate surface area is 154 Å². The number of amides is 3. The lowest BCUT2D eigenvalue weighted by Gasteiger charge is -2.36. The van der Waals surface area contributed by atoms with Gasteiger partial charge in [-0.15, -0.1) is 11.3 Å². The molecule has 3 heterocycles. The molecule has 134 valence electrons. The third-order valence-corrected chi connectivity index (χ3v) is 6.14. The van der Waals surface area contributed by atoms with Crippen LogP contribution < -0.4 is 5.32 Å². The van der Waals surface area contributed by atoms with Crippen molar-refractivity contribution in [3.63, 3.8) is 0 Å². The van der Waals surface area contributed by atoms with Crippen LogP contribution in [-0.2, 0) is 4.79 Å². The lowest BCUT2D eigenvalue weighted by Crippen LogP contribution is -2.47. The van der Waals surface area contributed by atoms with Crippen LogP contribution in [0.2, 0.25) is 0 Å². The van der Waals surface area contributed by atoms with Gasteiger partial charge in [0.15, 0.2) is 5.82 Å². The third-order valence-electron chi connectivity index (χ3n) is 4.50. The van der Waals surface area contributed by atoms with Crippen LogP contribution in [0.4, 0.5) is 9.93 Å². The van der Waals surface area contributed by atoms with Gasteiger partial charge in [0.2, 0.25) is 11.0 Å². The molecule has 1 fully saturated rings. The lowest BCUT2D eigenvalue weighted by atomic mass is 10.0. The van der Waals surface area contributed by atoms with E-state index in [-0.39, 0.29) is 18.0 Å². The highest BCUT2D eigenvalue weighted by Gasteiger charge is 2.26. The minimum atomic E-state index is -0.158. The number of nitrogens with one attached hydrogen (secondary N) is 1. The number of urea groups is 1. The fourth-order valence-corrected chi connectivity index (χ4v) is 4.33. The number of hydrogen-bond acceptors (Lipinski definition) is 6. The summed E-state index contributed by atoms with van der Waals surface area (Å²) in [7, 11) is 1.82. The normalized spacial score (nSPS) is 15.2. The van der Waals surface area contributed by atoms with Gasteiger partial charge in [-0.1, -0.05) is 0 Å². The van der Waals surface area contributed by atoms with Crippen molar-refractivity contribution < 1.29 is 9.59 Å². The highest BCUT2D eigenvalue weighted by Crippen LogP contribution is 2.29. The molecule has 9 heteroatoms. The van der Waals surface area contributed by atoms with Gasteiger partial charge in [0.05, 0.1) is 4.88 Å².